The Morgan fingerprint density at radius 2 is 1.47 bits per heavy atom. The minimum atomic E-state index is -4.66. The Morgan fingerprint density at radius 3 is 2.12 bits per heavy atom. The molecule has 5 rings (SSSR count). The van der Waals surface area contributed by atoms with Crippen LogP contribution in [0.5, 0.6) is 0 Å². The molecule has 0 aliphatic rings. The van der Waals surface area contributed by atoms with E-state index < -0.39 is 11.9 Å². The van der Waals surface area contributed by atoms with Gasteiger partial charge in [-0.05, 0) is 58.3 Å². The van der Waals surface area contributed by atoms with Crippen LogP contribution in [0.15, 0.2) is 60.9 Å². The molecule has 0 radical (unpaired) electrons. The van der Waals surface area contributed by atoms with Gasteiger partial charge in [0.05, 0.1) is 0 Å². The van der Waals surface area contributed by atoms with Gasteiger partial charge in [0, 0.05) is 42.0 Å². The van der Waals surface area contributed by atoms with Crippen LogP contribution in [0.2, 0.25) is 0 Å². The summed E-state index contributed by atoms with van der Waals surface area (Å²) < 4.78 is 41.5. The molecule has 2 aromatic carbocycles. The number of H-pyrrole nitrogens is 2. The summed E-state index contributed by atoms with van der Waals surface area (Å²) in [6.07, 6.45) is -1.08. The van der Waals surface area contributed by atoms with Gasteiger partial charge in [-0.3, -0.25) is 0 Å². The molecular formula is C23H19F3N6. The number of halogens is 3. The van der Waals surface area contributed by atoms with Crippen molar-refractivity contribution in [1.82, 2.24) is 19.9 Å². The second kappa shape index (κ2) is 7.60. The molecule has 3 aromatic heterocycles. The van der Waals surface area contributed by atoms with Crippen molar-refractivity contribution in [2.45, 2.75) is 19.1 Å². The Hall–Kier alpha value is -4.01. The largest absolute Gasteiger partial charge is 0.433 e. The Kier molecular flexibility index (Phi) is 4.73. The van der Waals surface area contributed by atoms with Crippen molar-refractivity contribution in [2.24, 2.45) is 0 Å². The van der Waals surface area contributed by atoms with Gasteiger partial charge >= 0.3 is 6.18 Å². The van der Waals surface area contributed by atoms with E-state index >= 15 is 0 Å². The molecule has 3 heterocycles. The first-order chi connectivity index (χ1) is 15.4. The number of nitrogens with two attached hydrogens (primary N) is 1. The zero-order valence-corrected chi connectivity index (χ0v) is 16.8. The third-order valence-corrected chi connectivity index (χ3v) is 5.37. The second-order valence-corrected chi connectivity index (χ2v) is 7.59. The summed E-state index contributed by atoms with van der Waals surface area (Å²) in [7, 11) is 0. The number of nitrogens with one attached hydrogen (secondary N) is 3. The van der Waals surface area contributed by atoms with Crippen LogP contribution in [0, 0.1) is 0 Å². The number of fused-ring (bicyclic) bond motifs is 2. The van der Waals surface area contributed by atoms with Crippen LogP contribution in [0.25, 0.3) is 21.8 Å². The summed E-state index contributed by atoms with van der Waals surface area (Å²) in [6, 6.07) is 14.9. The Morgan fingerprint density at radius 1 is 0.844 bits per heavy atom. The molecule has 0 atom stereocenters. The predicted octanol–water partition coefficient (Wildman–Crippen LogP) is 5.24. The van der Waals surface area contributed by atoms with E-state index in [0.29, 0.717) is 5.56 Å². The van der Waals surface area contributed by atoms with Crippen molar-refractivity contribution in [1.29, 1.82) is 0 Å². The van der Waals surface area contributed by atoms with Crippen molar-refractivity contribution < 1.29 is 13.2 Å². The van der Waals surface area contributed by atoms with Gasteiger partial charge in [-0.2, -0.15) is 18.2 Å². The van der Waals surface area contributed by atoms with E-state index in [1.54, 1.807) is 12.3 Å². The molecular weight excluding hydrogens is 417 g/mol. The lowest BCUT2D eigenvalue weighted by atomic mass is 10.0. The van der Waals surface area contributed by atoms with E-state index in [1.165, 1.54) is 0 Å². The average molecular weight is 436 g/mol. The van der Waals surface area contributed by atoms with Crippen LogP contribution in [-0.4, -0.2) is 19.9 Å². The van der Waals surface area contributed by atoms with E-state index in [0.717, 1.165) is 27.4 Å². The van der Waals surface area contributed by atoms with E-state index in [2.05, 4.69) is 25.3 Å². The van der Waals surface area contributed by atoms with Crippen LogP contribution < -0.4 is 11.1 Å². The summed E-state index contributed by atoms with van der Waals surface area (Å²) >= 11 is 0. The summed E-state index contributed by atoms with van der Waals surface area (Å²) in [5, 5.41) is 4.79. The Labute approximate surface area is 180 Å². The van der Waals surface area contributed by atoms with Crippen LogP contribution in [-0.2, 0) is 19.1 Å². The highest BCUT2D eigenvalue weighted by Gasteiger charge is 2.37. The second-order valence-electron chi connectivity index (χ2n) is 7.59. The molecule has 32 heavy (non-hydrogen) atoms. The molecule has 6 nitrogen and oxygen atoms in total. The molecule has 0 spiro atoms. The zero-order chi connectivity index (χ0) is 22.3. The normalized spacial score (nSPS) is 12.0. The SMILES string of the molecule is Nc1nc(NCc2ccc3[nH]ccc3c2)nc(C(F)(F)F)c1Cc1ccc2[nH]ccc2c1. The maximum absolute atomic E-state index is 13.8. The molecule has 5 N–H and O–H groups in total. The first-order valence-corrected chi connectivity index (χ1v) is 9.96. The third-order valence-electron chi connectivity index (χ3n) is 5.37. The topological polar surface area (TPSA) is 95.4 Å². The quantitative estimate of drug-likeness (QED) is 0.303. The summed E-state index contributed by atoms with van der Waals surface area (Å²) in [6.45, 7) is 0.265. The summed E-state index contributed by atoms with van der Waals surface area (Å²) in [5.41, 5.74) is 8.30. The fourth-order valence-corrected chi connectivity index (χ4v) is 3.80. The monoisotopic (exact) mass is 436 g/mol. The molecule has 5 aromatic rings. The lowest BCUT2D eigenvalue weighted by molar-refractivity contribution is -0.141. The van der Waals surface area contributed by atoms with Crippen molar-refractivity contribution in [3.8, 4) is 0 Å². The van der Waals surface area contributed by atoms with Crippen molar-refractivity contribution >= 4 is 33.6 Å². The van der Waals surface area contributed by atoms with E-state index in [9.17, 15) is 13.2 Å². The minimum Gasteiger partial charge on any atom is -0.383 e. The number of aromatic nitrogens is 4. The number of alkyl halides is 3. The van der Waals surface area contributed by atoms with E-state index in [1.807, 2.05) is 48.7 Å². The van der Waals surface area contributed by atoms with Gasteiger partial charge in [-0.1, -0.05) is 12.1 Å². The molecule has 0 aliphatic carbocycles. The fourth-order valence-electron chi connectivity index (χ4n) is 3.80. The number of nitrogens with zero attached hydrogens (tertiary/aromatic N) is 2. The molecule has 0 amide bonds. The first kappa shape index (κ1) is 19.9. The van der Waals surface area contributed by atoms with Gasteiger partial charge in [-0.25, -0.2) is 4.98 Å². The Balaban J connectivity index is 1.43. The van der Waals surface area contributed by atoms with Crippen LogP contribution >= 0.6 is 0 Å². The molecule has 162 valence electrons. The third kappa shape index (κ3) is 3.84. The van der Waals surface area contributed by atoms with E-state index in [4.69, 9.17) is 5.73 Å². The highest BCUT2D eigenvalue weighted by Crippen LogP contribution is 2.34. The van der Waals surface area contributed by atoms with E-state index in [-0.39, 0.29) is 30.3 Å². The van der Waals surface area contributed by atoms with Crippen molar-refractivity contribution in [3.05, 3.63) is 83.3 Å². The number of hydrogen-bond donors (Lipinski definition) is 4. The molecule has 9 heteroatoms. The average Bonchev–Trinajstić information content (AvgIpc) is 3.41. The smallest absolute Gasteiger partial charge is 0.383 e. The van der Waals surface area contributed by atoms with Crippen molar-refractivity contribution in [3.63, 3.8) is 0 Å². The standard InChI is InChI=1S/C23H19F3N6/c24-23(25,26)20-17(11-13-1-3-18-15(9-13)5-7-28-18)21(27)32-22(31-20)30-12-14-2-4-19-16(10-14)6-8-29-19/h1-10,28-29H,11-12H2,(H3,27,30,31,32). The number of rotatable bonds is 5. The van der Waals surface area contributed by atoms with Gasteiger partial charge in [0.15, 0.2) is 5.69 Å². The van der Waals surface area contributed by atoms with Gasteiger partial charge in [0.25, 0.3) is 0 Å². The number of aromatic amines is 2. The van der Waals surface area contributed by atoms with Gasteiger partial charge in [0.1, 0.15) is 5.82 Å². The number of benzene rings is 2. The highest BCUT2D eigenvalue weighted by atomic mass is 19.4. The molecule has 0 bridgehead atoms. The number of nitrogen functional groups attached to an aromatic ring is 1. The molecule has 0 fully saturated rings. The summed E-state index contributed by atoms with van der Waals surface area (Å²) in [4.78, 5) is 14.0. The fraction of sp³-hybridized carbons (Fsp3) is 0.130. The molecule has 0 unspecified atom stereocenters. The Bertz CT molecular complexity index is 1420. The summed E-state index contributed by atoms with van der Waals surface area (Å²) in [5.74, 6) is -0.348. The number of hydrogen-bond acceptors (Lipinski definition) is 4. The maximum Gasteiger partial charge on any atom is 0.433 e. The van der Waals surface area contributed by atoms with Gasteiger partial charge in [-0.15, -0.1) is 0 Å². The lowest BCUT2D eigenvalue weighted by Crippen LogP contribution is -2.18. The molecule has 0 saturated heterocycles. The zero-order valence-electron chi connectivity index (χ0n) is 16.8. The highest BCUT2D eigenvalue weighted by molar-refractivity contribution is 5.80. The lowest BCUT2D eigenvalue weighted by Gasteiger charge is -2.16. The van der Waals surface area contributed by atoms with Gasteiger partial charge < -0.3 is 21.0 Å². The number of anilines is 2. The predicted molar refractivity (Wildman–Crippen MR) is 118 cm³/mol. The maximum atomic E-state index is 13.8. The van der Waals surface area contributed by atoms with Crippen molar-refractivity contribution in [2.75, 3.05) is 11.1 Å². The van der Waals surface area contributed by atoms with Crippen LogP contribution in [0.3, 0.4) is 0 Å². The minimum absolute atomic E-state index is 0.0216. The van der Waals surface area contributed by atoms with Gasteiger partial charge in [0.2, 0.25) is 5.95 Å². The van der Waals surface area contributed by atoms with Crippen LogP contribution in [0.4, 0.5) is 24.9 Å². The van der Waals surface area contributed by atoms with Crippen LogP contribution in [0.1, 0.15) is 22.4 Å². The molecule has 0 saturated carbocycles. The molecule has 0 aliphatic heterocycles. The first-order valence-electron chi connectivity index (χ1n) is 9.96.